The van der Waals surface area contributed by atoms with Gasteiger partial charge in [0.2, 0.25) is 5.97 Å². The lowest BCUT2D eigenvalue weighted by molar-refractivity contribution is 0.427. The van der Waals surface area contributed by atoms with Gasteiger partial charge in [-0.2, -0.15) is 9.65 Å². The lowest BCUT2D eigenvalue weighted by Crippen LogP contribution is -2.12. The Morgan fingerprint density at radius 2 is 2.11 bits per heavy atom. The minimum Gasteiger partial charge on any atom is -0.404 e. The number of imidazole rings is 1. The Morgan fingerprint density at radius 3 is 2.79 bits per heavy atom. The standard InChI is InChI=1S/C21H21FN6/c1-21(2,3)13-26-20(22)17(12-24)16-5-4-15(11-23)27-19(16)14-6-8-28-9-7-25-18(28)10-14/h4-10,12H,13,24H2,1-3H3. The molecule has 0 unspecified atom stereocenters. The molecule has 7 heteroatoms. The van der Waals surface area contributed by atoms with Crippen LogP contribution in [0.1, 0.15) is 32.0 Å². The first-order valence-electron chi connectivity index (χ1n) is 8.79. The number of hydrogen-bond donors (Lipinski definition) is 1. The van der Waals surface area contributed by atoms with E-state index in [2.05, 4.69) is 15.0 Å². The first-order valence-corrected chi connectivity index (χ1v) is 8.79. The molecule has 0 radical (unpaired) electrons. The van der Waals surface area contributed by atoms with Gasteiger partial charge in [-0.15, -0.1) is 0 Å². The fourth-order valence-electron chi connectivity index (χ4n) is 2.68. The van der Waals surface area contributed by atoms with E-state index < -0.39 is 5.97 Å². The number of allylic oxidation sites excluding steroid dienone is 1. The molecule has 0 bridgehead atoms. The molecule has 0 amide bonds. The van der Waals surface area contributed by atoms with Crippen molar-refractivity contribution in [2.24, 2.45) is 16.1 Å². The first kappa shape index (κ1) is 19.2. The second kappa shape index (κ2) is 7.61. The van der Waals surface area contributed by atoms with Gasteiger partial charge >= 0.3 is 0 Å². The zero-order valence-corrected chi connectivity index (χ0v) is 16.0. The molecule has 142 valence electrons. The molecule has 0 saturated carbocycles. The molecule has 3 aromatic heterocycles. The number of aliphatic imine (C=N–C) groups is 1. The maximum absolute atomic E-state index is 14.9. The number of aromatic nitrogens is 3. The van der Waals surface area contributed by atoms with Crippen molar-refractivity contribution in [3.05, 3.63) is 60.3 Å². The Labute approximate surface area is 162 Å². The zero-order valence-electron chi connectivity index (χ0n) is 16.0. The summed E-state index contributed by atoms with van der Waals surface area (Å²) in [7, 11) is 0. The van der Waals surface area contributed by atoms with Crippen molar-refractivity contribution in [2.75, 3.05) is 6.54 Å². The van der Waals surface area contributed by atoms with Crippen molar-refractivity contribution < 1.29 is 4.39 Å². The van der Waals surface area contributed by atoms with Crippen LogP contribution in [-0.4, -0.2) is 26.9 Å². The highest BCUT2D eigenvalue weighted by Crippen LogP contribution is 2.29. The number of rotatable bonds is 4. The lowest BCUT2D eigenvalue weighted by Gasteiger charge is -2.15. The number of fused-ring (bicyclic) bond motifs is 1. The smallest absolute Gasteiger partial charge is 0.217 e. The van der Waals surface area contributed by atoms with Gasteiger partial charge in [-0.3, -0.25) is 4.99 Å². The summed E-state index contributed by atoms with van der Waals surface area (Å²) in [5.41, 5.74) is 8.28. The molecule has 6 nitrogen and oxygen atoms in total. The van der Waals surface area contributed by atoms with Gasteiger partial charge in [0.05, 0.1) is 11.3 Å². The van der Waals surface area contributed by atoms with Crippen LogP contribution in [-0.2, 0) is 0 Å². The van der Waals surface area contributed by atoms with Crippen molar-refractivity contribution >= 4 is 17.2 Å². The summed E-state index contributed by atoms with van der Waals surface area (Å²) in [4.78, 5) is 12.7. The Hall–Kier alpha value is -3.53. The van der Waals surface area contributed by atoms with E-state index in [1.54, 1.807) is 12.3 Å². The van der Waals surface area contributed by atoms with E-state index >= 15 is 0 Å². The predicted octanol–water partition coefficient (Wildman–Crippen LogP) is 3.98. The Bertz CT molecular complexity index is 1110. The molecule has 3 rings (SSSR count). The summed E-state index contributed by atoms with van der Waals surface area (Å²) in [6.45, 7) is 6.24. The topological polar surface area (TPSA) is 92.4 Å². The molecule has 0 spiro atoms. The van der Waals surface area contributed by atoms with E-state index in [9.17, 15) is 9.65 Å². The minimum atomic E-state index is -0.660. The van der Waals surface area contributed by atoms with Gasteiger partial charge in [-0.25, -0.2) is 9.97 Å². The van der Waals surface area contributed by atoms with Crippen molar-refractivity contribution in [1.82, 2.24) is 14.4 Å². The van der Waals surface area contributed by atoms with E-state index in [-0.39, 0.29) is 16.7 Å². The molecule has 0 atom stereocenters. The summed E-state index contributed by atoms with van der Waals surface area (Å²) in [6.07, 6.45) is 6.52. The number of nitrogens with zero attached hydrogens (tertiary/aromatic N) is 5. The minimum absolute atomic E-state index is 0.138. The van der Waals surface area contributed by atoms with Crippen LogP contribution in [0.25, 0.3) is 22.5 Å². The van der Waals surface area contributed by atoms with Crippen molar-refractivity contribution in [1.29, 1.82) is 5.26 Å². The van der Waals surface area contributed by atoms with Crippen LogP contribution in [0, 0.1) is 16.7 Å². The normalized spacial score (nSPS) is 13.0. The predicted molar refractivity (Wildman–Crippen MR) is 108 cm³/mol. The summed E-state index contributed by atoms with van der Waals surface area (Å²) in [5, 5.41) is 9.25. The van der Waals surface area contributed by atoms with E-state index in [4.69, 9.17) is 5.73 Å². The van der Waals surface area contributed by atoms with Gasteiger partial charge in [-0.1, -0.05) is 20.8 Å². The van der Waals surface area contributed by atoms with Gasteiger partial charge in [-0.05, 0) is 29.7 Å². The highest BCUT2D eigenvalue weighted by atomic mass is 19.1. The largest absolute Gasteiger partial charge is 0.404 e. The summed E-state index contributed by atoms with van der Waals surface area (Å²) >= 11 is 0. The molecular weight excluding hydrogens is 355 g/mol. The van der Waals surface area contributed by atoms with Crippen LogP contribution in [0.15, 0.2) is 54.0 Å². The third-order valence-electron chi connectivity index (χ3n) is 4.05. The first-order chi connectivity index (χ1) is 13.3. The second-order valence-electron chi connectivity index (χ2n) is 7.56. The summed E-state index contributed by atoms with van der Waals surface area (Å²) < 4.78 is 16.7. The van der Waals surface area contributed by atoms with E-state index in [0.717, 1.165) is 0 Å². The van der Waals surface area contributed by atoms with Crippen LogP contribution >= 0.6 is 0 Å². The van der Waals surface area contributed by atoms with Crippen LogP contribution in [0.3, 0.4) is 0 Å². The van der Waals surface area contributed by atoms with Crippen LogP contribution in [0.2, 0.25) is 0 Å². The molecule has 3 heterocycles. The maximum atomic E-state index is 14.9. The molecule has 0 aromatic carbocycles. The Kier molecular flexibility index (Phi) is 5.23. The highest BCUT2D eigenvalue weighted by molar-refractivity contribution is 6.20. The molecule has 2 N–H and O–H groups in total. The van der Waals surface area contributed by atoms with Gasteiger partial charge in [0.15, 0.2) is 0 Å². The molecule has 3 aromatic rings. The molecule has 28 heavy (non-hydrogen) atoms. The van der Waals surface area contributed by atoms with Crippen LogP contribution < -0.4 is 5.73 Å². The Morgan fingerprint density at radius 1 is 1.32 bits per heavy atom. The quantitative estimate of drug-likeness (QED) is 0.697. The number of nitrogens with two attached hydrogens (primary N) is 1. The number of nitriles is 1. The monoisotopic (exact) mass is 376 g/mol. The highest BCUT2D eigenvalue weighted by Gasteiger charge is 2.18. The number of halogens is 1. The zero-order chi connectivity index (χ0) is 20.3. The van der Waals surface area contributed by atoms with Crippen LogP contribution in [0.5, 0.6) is 0 Å². The van der Waals surface area contributed by atoms with Gasteiger partial charge < -0.3 is 10.1 Å². The fraction of sp³-hybridized carbons (Fsp3) is 0.238. The molecule has 0 aliphatic heterocycles. The summed E-state index contributed by atoms with van der Waals surface area (Å²) in [6, 6.07) is 8.85. The van der Waals surface area contributed by atoms with E-state index in [1.165, 1.54) is 12.3 Å². The molecular formula is C21H21FN6. The van der Waals surface area contributed by atoms with Crippen LogP contribution in [0.4, 0.5) is 4.39 Å². The second-order valence-corrected chi connectivity index (χ2v) is 7.56. The fourth-order valence-corrected chi connectivity index (χ4v) is 2.68. The molecule has 0 aliphatic carbocycles. The van der Waals surface area contributed by atoms with Gasteiger partial charge in [0.1, 0.15) is 17.4 Å². The Balaban J connectivity index is 2.14. The third-order valence-corrected chi connectivity index (χ3v) is 4.05. The van der Waals surface area contributed by atoms with Gasteiger partial charge in [0.25, 0.3) is 0 Å². The average Bonchev–Trinajstić information content (AvgIpc) is 3.14. The summed E-state index contributed by atoms with van der Waals surface area (Å²) in [5.74, 6) is -0.660. The van der Waals surface area contributed by atoms with Crippen molar-refractivity contribution in [2.45, 2.75) is 20.8 Å². The van der Waals surface area contributed by atoms with Crippen molar-refractivity contribution in [3.8, 4) is 17.3 Å². The number of hydrogen-bond acceptors (Lipinski definition) is 5. The average molecular weight is 376 g/mol. The SMILES string of the molecule is CC(C)(C)CN=C(F)C(=CN)c1ccc(C#N)nc1-c1ccn2ccnc2c1. The van der Waals surface area contributed by atoms with E-state index in [1.807, 2.05) is 55.8 Å². The lowest BCUT2D eigenvalue weighted by atomic mass is 9.97. The van der Waals surface area contributed by atoms with E-state index in [0.29, 0.717) is 29.0 Å². The van der Waals surface area contributed by atoms with Gasteiger partial charge in [0, 0.05) is 42.5 Å². The van der Waals surface area contributed by atoms with Crippen molar-refractivity contribution in [3.63, 3.8) is 0 Å². The number of pyridine rings is 2. The third kappa shape index (κ3) is 4.07. The maximum Gasteiger partial charge on any atom is 0.217 e. The molecule has 0 aliphatic rings. The molecule has 0 fully saturated rings. The molecule has 0 saturated heterocycles.